The van der Waals surface area contributed by atoms with E-state index in [-0.39, 0.29) is 17.6 Å². The number of halogens is 3. The first-order valence-corrected chi connectivity index (χ1v) is 14.9. The van der Waals surface area contributed by atoms with Gasteiger partial charge in [-0.3, -0.25) is 9.59 Å². The number of benzene rings is 3. The van der Waals surface area contributed by atoms with Gasteiger partial charge in [-0.15, -0.1) is 11.8 Å². The van der Waals surface area contributed by atoms with E-state index in [1.165, 1.54) is 11.8 Å². The molecule has 4 nitrogen and oxygen atoms in total. The maximum Gasteiger partial charge on any atom is 0.243 e. The van der Waals surface area contributed by atoms with Crippen molar-refractivity contribution in [2.24, 2.45) is 0 Å². The molecule has 1 atom stereocenters. The van der Waals surface area contributed by atoms with Gasteiger partial charge in [0, 0.05) is 39.8 Å². The second kappa shape index (κ2) is 15.4. The number of nitrogens with zero attached hydrogens (tertiary/aromatic N) is 1. The summed E-state index contributed by atoms with van der Waals surface area (Å²) in [7, 11) is 0. The van der Waals surface area contributed by atoms with Gasteiger partial charge in [-0.1, -0.05) is 101 Å². The van der Waals surface area contributed by atoms with Crippen LogP contribution < -0.4 is 5.32 Å². The van der Waals surface area contributed by atoms with Crippen LogP contribution in [0.3, 0.4) is 0 Å². The van der Waals surface area contributed by atoms with E-state index in [9.17, 15) is 9.59 Å². The van der Waals surface area contributed by atoms with Gasteiger partial charge in [0.1, 0.15) is 6.04 Å². The van der Waals surface area contributed by atoms with Crippen molar-refractivity contribution in [1.82, 2.24) is 10.2 Å². The Balaban J connectivity index is 1.83. The molecule has 3 aromatic carbocycles. The third-order valence-corrected chi connectivity index (χ3v) is 7.95. The average Bonchev–Trinajstić information content (AvgIpc) is 2.89. The molecule has 0 fully saturated rings. The minimum absolute atomic E-state index is 0.0930. The smallest absolute Gasteiger partial charge is 0.243 e. The molecular weight excluding hydrogens is 591 g/mol. The number of nitrogens with one attached hydrogen (secondary N) is 1. The van der Waals surface area contributed by atoms with Gasteiger partial charge in [0.25, 0.3) is 0 Å². The van der Waals surface area contributed by atoms with Gasteiger partial charge < -0.3 is 10.2 Å². The number of carbonyl (C=O) groups is 2. The van der Waals surface area contributed by atoms with Gasteiger partial charge in [0.2, 0.25) is 11.8 Å². The van der Waals surface area contributed by atoms with Gasteiger partial charge in [-0.25, -0.2) is 0 Å². The fraction of sp³-hybridized carbons (Fsp3) is 0.310. The minimum atomic E-state index is -0.630. The summed E-state index contributed by atoms with van der Waals surface area (Å²) in [5.41, 5.74) is 2.88. The number of hydrogen-bond acceptors (Lipinski definition) is 3. The lowest BCUT2D eigenvalue weighted by Crippen LogP contribution is -2.51. The summed E-state index contributed by atoms with van der Waals surface area (Å²) >= 11 is 17.3. The molecule has 37 heavy (non-hydrogen) atoms. The number of amides is 2. The van der Waals surface area contributed by atoms with Crippen LogP contribution in [0.15, 0.2) is 77.3 Å². The first kappa shape index (κ1) is 29.6. The van der Waals surface area contributed by atoms with Crippen LogP contribution in [0.25, 0.3) is 0 Å². The summed E-state index contributed by atoms with van der Waals surface area (Å²) < 4.78 is 0.961. The molecule has 0 saturated carbocycles. The molecule has 0 unspecified atom stereocenters. The standard InChI is InChI=1S/C29H31BrCl2N2O2S/c1-2-3-15-33-29(36)27(16-21-7-5-4-6-8-21)34(18-22-9-12-24(30)13-10-22)28(35)20-37-19-23-11-14-25(31)17-26(23)32/h4-14,17,27H,2-3,15-16,18-20H2,1H3,(H,33,36)/t27-/m1/s1. The van der Waals surface area contributed by atoms with Gasteiger partial charge in [-0.05, 0) is 47.4 Å². The molecule has 0 spiro atoms. The fourth-order valence-corrected chi connectivity index (χ4v) is 5.55. The van der Waals surface area contributed by atoms with Gasteiger partial charge in [0.15, 0.2) is 0 Å². The van der Waals surface area contributed by atoms with Crippen molar-refractivity contribution < 1.29 is 9.59 Å². The maximum atomic E-state index is 13.7. The van der Waals surface area contributed by atoms with Crippen LogP contribution >= 0.6 is 50.9 Å². The lowest BCUT2D eigenvalue weighted by Gasteiger charge is -2.31. The Labute approximate surface area is 242 Å². The molecule has 8 heteroatoms. The predicted molar refractivity (Wildman–Crippen MR) is 159 cm³/mol. The second-order valence-corrected chi connectivity index (χ2v) is 11.5. The Bertz CT molecular complexity index is 1160. The zero-order chi connectivity index (χ0) is 26.6. The monoisotopic (exact) mass is 620 g/mol. The summed E-state index contributed by atoms with van der Waals surface area (Å²) in [6.07, 6.45) is 2.31. The zero-order valence-electron chi connectivity index (χ0n) is 20.8. The number of carbonyl (C=O) groups excluding carboxylic acids is 2. The number of hydrogen-bond donors (Lipinski definition) is 1. The van der Waals surface area contributed by atoms with Crippen LogP contribution in [0.2, 0.25) is 10.0 Å². The second-order valence-electron chi connectivity index (χ2n) is 8.73. The zero-order valence-corrected chi connectivity index (χ0v) is 24.7. The Kier molecular flexibility index (Phi) is 12.3. The summed E-state index contributed by atoms with van der Waals surface area (Å²) in [5.74, 6) is 0.571. The lowest BCUT2D eigenvalue weighted by atomic mass is 10.0. The fourth-order valence-electron chi connectivity index (χ4n) is 3.82. The van der Waals surface area contributed by atoms with Crippen molar-refractivity contribution in [3.8, 4) is 0 Å². The highest BCUT2D eigenvalue weighted by atomic mass is 79.9. The van der Waals surface area contributed by atoms with Crippen LogP contribution in [0, 0.1) is 0 Å². The van der Waals surface area contributed by atoms with E-state index >= 15 is 0 Å². The SMILES string of the molecule is CCCCNC(=O)[C@@H](Cc1ccccc1)N(Cc1ccc(Br)cc1)C(=O)CSCc1ccc(Cl)cc1Cl. The topological polar surface area (TPSA) is 49.4 Å². The summed E-state index contributed by atoms with van der Waals surface area (Å²) in [4.78, 5) is 28.8. The van der Waals surface area contributed by atoms with Crippen LogP contribution in [-0.2, 0) is 28.3 Å². The third-order valence-electron chi connectivity index (χ3n) is 5.87. The molecule has 3 rings (SSSR count). The largest absolute Gasteiger partial charge is 0.354 e. The van der Waals surface area contributed by atoms with E-state index in [2.05, 4.69) is 28.2 Å². The van der Waals surface area contributed by atoms with Crippen molar-refractivity contribution >= 4 is 62.7 Å². The van der Waals surface area contributed by atoms with E-state index in [0.717, 1.165) is 34.0 Å². The van der Waals surface area contributed by atoms with Crippen LogP contribution in [0.1, 0.15) is 36.5 Å². The Hall–Kier alpha value is -1.99. The van der Waals surface area contributed by atoms with E-state index in [4.69, 9.17) is 23.2 Å². The van der Waals surface area contributed by atoms with E-state index < -0.39 is 6.04 Å². The van der Waals surface area contributed by atoms with Crippen LogP contribution in [0.4, 0.5) is 0 Å². The molecule has 196 valence electrons. The number of thioether (sulfide) groups is 1. The Morgan fingerprint density at radius 3 is 2.41 bits per heavy atom. The highest BCUT2D eigenvalue weighted by Gasteiger charge is 2.30. The highest BCUT2D eigenvalue weighted by molar-refractivity contribution is 9.10. The molecule has 0 aliphatic carbocycles. The molecule has 0 bridgehead atoms. The first-order valence-electron chi connectivity index (χ1n) is 12.2. The molecule has 1 N–H and O–H groups in total. The molecule has 0 aliphatic heterocycles. The molecular formula is C29H31BrCl2N2O2S. The quantitative estimate of drug-likeness (QED) is 0.201. The normalized spacial score (nSPS) is 11.7. The maximum absolute atomic E-state index is 13.7. The van der Waals surface area contributed by atoms with Gasteiger partial charge >= 0.3 is 0 Å². The van der Waals surface area contributed by atoms with Crippen molar-refractivity contribution in [3.63, 3.8) is 0 Å². The van der Waals surface area contributed by atoms with Crippen LogP contribution in [0.5, 0.6) is 0 Å². The third kappa shape index (κ3) is 9.68. The highest BCUT2D eigenvalue weighted by Crippen LogP contribution is 2.25. The number of unbranched alkanes of at least 4 members (excludes halogenated alkanes) is 1. The molecule has 0 aliphatic rings. The van der Waals surface area contributed by atoms with Crippen molar-refractivity contribution in [2.45, 2.75) is 44.5 Å². The van der Waals surface area contributed by atoms with Crippen molar-refractivity contribution in [3.05, 3.63) is 104 Å². The van der Waals surface area contributed by atoms with Crippen molar-refractivity contribution in [1.29, 1.82) is 0 Å². The summed E-state index contributed by atoms with van der Waals surface area (Å²) in [6, 6.07) is 22.4. The Morgan fingerprint density at radius 1 is 1.00 bits per heavy atom. The van der Waals surface area contributed by atoms with Gasteiger partial charge in [-0.2, -0.15) is 0 Å². The molecule has 0 aromatic heterocycles. The molecule has 0 saturated heterocycles. The average molecular weight is 622 g/mol. The lowest BCUT2D eigenvalue weighted by molar-refractivity contribution is -0.139. The van der Waals surface area contributed by atoms with Gasteiger partial charge in [0.05, 0.1) is 5.75 Å². The summed E-state index contributed by atoms with van der Waals surface area (Å²) in [5, 5.41) is 4.21. The molecule has 0 heterocycles. The van der Waals surface area contributed by atoms with E-state index in [1.807, 2.05) is 60.7 Å². The summed E-state index contributed by atoms with van der Waals surface area (Å²) in [6.45, 7) is 3.01. The van der Waals surface area contributed by atoms with E-state index in [1.54, 1.807) is 17.0 Å². The van der Waals surface area contributed by atoms with E-state index in [0.29, 0.717) is 35.3 Å². The first-order chi connectivity index (χ1) is 17.9. The Morgan fingerprint density at radius 2 is 1.73 bits per heavy atom. The molecule has 0 radical (unpaired) electrons. The minimum Gasteiger partial charge on any atom is -0.354 e. The van der Waals surface area contributed by atoms with Crippen LogP contribution in [-0.4, -0.2) is 35.1 Å². The van der Waals surface area contributed by atoms with Crippen molar-refractivity contribution in [2.75, 3.05) is 12.3 Å². The number of rotatable bonds is 13. The molecule has 2 amide bonds. The predicted octanol–water partition coefficient (Wildman–Crippen LogP) is 7.55. The molecule has 3 aromatic rings.